The number of likely N-dealkylation sites (N-methyl/N-ethyl adjacent to an activating group) is 1. The fraction of sp³-hybridized carbons (Fsp3) is 0.280. The predicted octanol–water partition coefficient (Wildman–Crippen LogP) is 2.86. The summed E-state index contributed by atoms with van der Waals surface area (Å²) in [5.74, 6) is 0.791. The van der Waals surface area contributed by atoms with E-state index in [0.717, 1.165) is 17.7 Å². The average molecular weight is 487 g/mol. The largest absolute Gasteiger partial charge is 0.437 e. The first-order valence-corrected chi connectivity index (χ1v) is 11.3. The second-order valence-corrected chi connectivity index (χ2v) is 8.50. The number of pyridine rings is 3. The monoisotopic (exact) mass is 486 g/mol. The van der Waals surface area contributed by atoms with Crippen molar-refractivity contribution < 1.29 is 13.6 Å². The summed E-state index contributed by atoms with van der Waals surface area (Å²) in [7, 11) is 2.03. The Bertz CT molecular complexity index is 1570. The van der Waals surface area contributed by atoms with E-state index in [1.54, 1.807) is 31.2 Å². The second-order valence-electron chi connectivity index (χ2n) is 8.50. The summed E-state index contributed by atoms with van der Waals surface area (Å²) < 4.78 is 30.5. The molecule has 1 N–H and O–H groups in total. The highest BCUT2D eigenvalue weighted by atomic mass is 16.5. The zero-order valence-corrected chi connectivity index (χ0v) is 19.8. The van der Waals surface area contributed by atoms with E-state index in [0.29, 0.717) is 47.0 Å². The molecule has 11 nitrogen and oxygen atoms in total. The maximum absolute atomic E-state index is 12.9. The summed E-state index contributed by atoms with van der Waals surface area (Å²) >= 11 is 0. The third-order valence-corrected chi connectivity index (χ3v) is 5.94. The third-order valence-electron chi connectivity index (χ3n) is 5.94. The van der Waals surface area contributed by atoms with Gasteiger partial charge in [-0.3, -0.25) is 4.79 Å². The van der Waals surface area contributed by atoms with Crippen LogP contribution in [0.2, 0.25) is 0 Å². The maximum atomic E-state index is 12.9. The molecule has 11 heteroatoms. The Morgan fingerprint density at radius 1 is 1.17 bits per heavy atom. The van der Waals surface area contributed by atoms with Crippen LogP contribution >= 0.6 is 0 Å². The Kier molecular flexibility index (Phi) is 5.25. The van der Waals surface area contributed by atoms with Crippen LogP contribution in [-0.4, -0.2) is 73.4 Å². The highest BCUT2D eigenvalue weighted by Gasteiger charge is 2.21. The number of fused-ring (bicyclic) bond motifs is 1. The minimum Gasteiger partial charge on any atom is -0.437 e. The van der Waals surface area contributed by atoms with E-state index in [4.69, 9.17) is 14.1 Å². The lowest BCUT2D eigenvalue weighted by Crippen LogP contribution is -2.47. The number of nitrogens with one attached hydrogen (secondary N) is 1. The lowest BCUT2D eigenvalue weighted by Gasteiger charge is -2.32. The van der Waals surface area contributed by atoms with Gasteiger partial charge in [0.15, 0.2) is 11.4 Å². The topological polar surface area (TPSA) is 125 Å². The lowest BCUT2D eigenvalue weighted by atomic mass is 10.2. The number of hydrogen-bond acceptors (Lipinski definition) is 9. The van der Waals surface area contributed by atoms with Crippen molar-refractivity contribution in [3.05, 3.63) is 59.8 Å². The van der Waals surface area contributed by atoms with Gasteiger partial charge in [0, 0.05) is 49.5 Å². The first-order chi connectivity index (χ1) is 18.6. The van der Waals surface area contributed by atoms with Crippen molar-refractivity contribution in [1.82, 2.24) is 34.3 Å². The fourth-order valence-electron chi connectivity index (χ4n) is 3.86. The summed E-state index contributed by atoms with van der Waals surface area (Å²) in [4.78, 5) is 33.9. The van der Waals surface area contributed by atoms with Crippen LogP contribution in [0, 0.1) is 18.3 Å². The average Bonchev–Trinajstić information content (AvgIpc) is 3.35. The van der Waals surface area contributed by atoms with Gasteiger partial charge in [0.05, 0.1) is 23.8 Å². The Morgan fingerprint density at radius 2 is 2.00 bits per heavy atom. The number of carbonyl (C=O) groups is 1. The molecular formula is C25H25N9O2. The van der Waals surface area contributed by atoms with Gasteiger partial charge >= 0.3 is 0 Å². The number of hydrogen-bond donors (Lipinski definition) is 1. The van der Waals surface area contributed by atoms with Crippen molar-refractivity contribution in [2.75, 3.05) is 38.5 Å². The van der Waals surface area contributed by atoms with E-state index < -0.39 is 6.98 Å². The summed E-state index contributed by atoms with van der Waals surface area (Å²) in [6.45, 7) is 2.20. The summed E-state index contributed by atoms with van der Waals surface area (Å²) in [5.41, 5.74) is 2.16. The summed E-state index contributed by atoms with van der Waals surface area (Å²) in [6.07, 6.45) is 4.11. The first-order valence-electron chi connectivity index (χ1n) is 12.8. The van der Waals surface area contributed by atoms with Crippen LogP contribution in [0.1, 0.15) is 25.7 Å². The van der Waals surface area contributed by atoms with Gasteiger partial charge < -0.3 is 24.4 Å². The molecule has 0 unspecified atom stereocenters. The molecule has 0 saturated carbocycles. The number of amides is 1. The van der Waals surface area contributed by atoms with Crippen LogP contribution in [0.3, 0.4) is 0 Å². The van der Waals surface area contributed by atoms with Crippen molar-refractivity contribution in [1.29, 1.82) is 5.26 Å². The van der Waals surface area contributed by atoms with Gasteiger partial charge in [0.25, 0.3) is 5.91 Å². The molecule has 4 aromatic heterocycles. The van der Waals surface area contributed by atoms with Crippen molar-refractivity contribution >= 4 is 28.6 Å². The molecule has 1 saturated heterocycles. The quantitative estimate of drug-likeness (QED) is 0.453. The number of rotatable bonds is 5. The van der Waals surface area contributed by atoms with Gasteiger partial charge in [0.1, 0.15) is 23.1 Å². The van der Waals surface area contributed by atoms with Gasteiger partial charge in [-0.15, -0.1) is 0 Å². The Labute approximate surface area is 212 Å². The Balaban J connectivity index is 1.45. The third kappa shape index (κ3) is 4.67. The molecule has 1 fully saturated rings. The normalized spacial score (nSPS) is 15.6. The van der Waals surface area contributed by atoms with E-state index in [9.17, 15) is 4.79 Å². The number of aryl methyl sites for hydroxylation is 2. The zero-order valence-electron chi connectivity index (χ0n) is 22.8. The Hall–Kier alpha value is -4.56. The number of piperazine rings is 1. The minimum absolute atomic E-state index is 0.0769. The van der Waals surface area contributed by atoms with E-state index in [2.05, 4.69) is 30.2 Å². The standard InChI is InChI=1S/C25H25N9O2/c1-16-10-18(12-26)27-14-20(16)36-22-11-19(23-24(31-22)33(3)15-29-23)30-21-5-4-17(13-28-21)25(35)34-8-6-32(2)7-9-34/h4-5,10-11,13-15H,6-9H2,1-3H3,(H,28,30,31)/i3D3. The molecule has 0 aromatic carbocycles. The van der Waals surface area contributed by atoms with E-state index in [1.807, 2.05) is 18.0 Å². The molecule has 0 radical (unpaired) electrons. The van der Waals surface area contributed by atoms with Gasteiger partial charge in [-0.2, -0.15) is 10.2 Å². The number of nitrogens with zero attached hydrogens (tertiary/aromatic N) is 8. The molecule has 0 spiro atoms. The molecule has 1 aliphatic rings. The number of nitriles is 1. The Morgan fingerprint density at radius 3 is 2.69 bits per heavy atom. The van der Waals surface area contributed by atoms with Gasteiger partial charge in [0.2, 0.25) is 5.88 Å². The van der Waals surface area contributed by atoms with Crippen LogP contribution in [0.5, 0.6) is 11.6 Å². The van der Waals surface area contributed by atoms with E-state index in [1.165, 1.54) is 18.7 Å². The fourth-order valence-corrected chi connectivity index (χ4v) is 3.86. The van der Waals surface area contributed by atoms with Gasteiger partial charge in [-0.05, 0) is 37.7 Å². The number of imidazole rings is 1. The van der Waals surface area contributed by atoms with Crippen molar-refractivity contribution in [2.24, 2.45) is 6.98 Å². The molecule has 5 rings (SSSR count). The number of carbonyl (C=O) groups excluding carboxylic acids is 1. The van der Waals surface area contributed by atoms with E-state index >= 15 is 0 Å². The maximum Gasteiger partial charge on any atom is 0.255 e. The van der Waals surface area contributed by atoms with Crippen molar-refractivity contribution in [3.8, 4) is 17.7 Å². The SMILES string of the molecule is [2H]C([2H])([2H])n1cnc2c(Nc3ccc(C(=O)N4CCN(C)CC4)cn3)cc(Oc3cnc(C#N)cc3C)nc21. The van der Waals surface area contributed by atoms with Crippen LogP contribution in [0.4, 0.5) is 11.5 Å². The molecule has 5 heterocycles. The van der Waals surface area contributed by atoms with Crippen LogP contribution in [0.25, 0.3) is 11.2 Å². The molecule has 0 bridgehead atoms. The molecule has 4 aromatic rings. The van der Waals surface area contributed by atoms with E-state index in [-0.39, 0.29) is 23.1 Å². The molecule has 1 aliphatic heterocycles. The van der Waals surface area contributed by atoms with Crippen LogP contribution in [0.15, 0.2) is 43.0 Å². The second kappa shape index (κ2) is 9.59. The molecule has 0 aliphatic carbocycles. The molecule has 36 heavy (non-hydrogen) atoms. The smallest absolute Gasteiger partial charge is 0.255 e. The molecule has 0 atom stereocenters. The van der Waals surface area contributed by atoms with Crippen LogP contribution in [-0.2, 0) is 6.98 Å². The summed E-state index contributed by atoms with van der Waals surface area (Å²) in [5, 5.41) is 12.2. The summed E-state index contributed by atoms with van der Waals surface area (Å²) in [6, 6.07) is 8.49. The molecular weight excluding hydrogens is 458 g/mol. The number of ether oxygens (including phenoxy) is 1. The van der Waals surface area contributed by atoms with Gasteiger partial charge in [-0.25, -0.2) is 15.0 Å². The first kappa shape index (κ1) is 19.7. The number of aromatic nitrogens is 5. The van der Waals surface area contributed by atoms with Gasteiger partial charge in [-0.1, -0.05) is 0 Å². The predicted molar refractivity (Wildman–Crippen MR) is 133 cm³/mol. The van der Waals surface area contributed by atoms with Crippen molar-refractivity contribution in [3.63, 3.8) is 0 Å². The van der Waals surface area contributed by atoms with Crippen LogP contribution < -0.4 is 10.1 Å². The number of anilines is 2. The lowest BCUT2D eigenvalue weighted by molar-refractivity contribution is 0.0663. The highest BCUT2D eigenvalue weighted by Crippen LogP contribution is 2.31. The highest BCUT2D eigenvalue weighted by molar-refractivity contribution is 5.94. The zero-order chi connectivity index (χ0) is 27.7. The molecule has 1 amide bonds. The van der Waals surface area contributed by atoms with Crippen molar-refractivity contribution in [2.45, 2.75) is 6.92 Å². The minimum atomic E-state index is -2.52. The molecule has 182 valence electrons.